The monoisotopic (exact) mass is 437 g/mol. The number of nitrogens with one attached hydrogen (secondary N) is 2. The van der Waals surface area contributed by atoms with Gasteiger partial charge in [0, 0.05) is 30.0 Å². The van der Waals surface area contributed by atoms with E-state index in [-0.39, 0.29) is 18.4 Å². The average molecular weight is 438 g/mol. The summed E-state index contributed by atoms with van der Waals surface area (Å²) < 4.78 is 5.74. The normalized spacial score (nSPS) is 13.5. The standard InChI is InChI=1S/C26H35N3O3/c1-2-3-4-8-19-32-24-15-13-22(14-16-24)27-20-25(30)28-23-11-9-21(10-12-23)26(31)29-17-6-5-7-18-29/h9-16,27H,2-8,17-20H2,1H3,(H,28,30). The zero-order chi connectivity index (χ0) is 22.6. The van der Waals surface area contributed by atoms with Crippen LogP contribution >= 0.6 is 0 Å². The molecule has 3 rings (SSSR count). The number of ether oxygens (including phenoxy) is 1. The Kier molecular flexibility index (Phi) is 9.41. The van der Waals surface area contributed by atoms with Crippen LogP contribution in [0.3, 0.4) is 0 Å². The molecule has 1 saturated heterocycles. The number of benzene rings is 2. The predicted molar refractivity (Wildman–Crippen MR) is 129 cm³/mol. The van der Waals surface area contributed by atoms with Gasteiger partial charge in [0.25, 0.3) is 5.91 Å². The lowest BCUT2D eigenvalue weighted by Gasteiger charge is -2.26. The van der Waals surface area contributed by atoms with Gasteiger partial charge < -0.3 is 20.3 Å². The van der Waals surface area contributed by atoms with Gasteiger partial charge in [-0.2, -0.15) is 0 Å². The highest BCUT2D eigenvalue weighted by molar-refractivity contribution is 5.96. The summed E-state index contributed by atoms with van der Waals surface area (Å²) in [6.45, 7) is 4.75. The van der Waals surface area contributed by atoms with Crippen LogP contribution in [0.15, 0.2) is 48.5 Å². The molecule has 1 heterocycles. The van der Waals surface area contributed by atoms with E-state index in [4.69, 9.17) is 4.74 Å². The van der Waals surface area contributed by atoms with Crippen LogP contribution in [-0.4, -0.2) is 43.0 Å². The molecule has 0 saturated carbocycles. The zero-order valence-corrected chi connectivity index (χ0v) is 19.1. The smallest absolute Gasteiger partial charge is 0.253 e. The van der Waals surface area contributed by atoms with E-state index in [1.54, 1.807) is 24.3 Å². The molecular weight excluding hydrogens is 402 g/mol. The third-order valence-electron chi connectivity index (χ3n) is 5.63. The molecule has 0 aliphatic carbocycles. The number of nitrogens with zero attached hydrogens (tertiary/aromatic N) is 1. The molecule has 172 valence electrons. The van der Waals surface area contributed by atoms with Crippen LogP contribution in [0.25, 0.3) is 0 Å². The Balaban J connectivity index is 1.39. The van der Waals surface area contributed by atoms with Gasteiger partial charge in [0.2, 0.25) is 5.91 Å². The van der Waals surface area contributed by atoms with Crippen LogP contribution in [0, 0.1) is 0 Å². The third-order valence-corrected chi connectivity index (χ3v) is 5.63. The first-order chi connectivity index (χ1) is 15.7. The van der Waals surface area contributed by atoms with Crippen molar-refractivity contribution >= 4 is 23.2 Å². The molecule has 6 nitrogen and oxygen atoms in total. The summed E-state index contributed by atoms with van der Waals surface area (Å²) in [6.07, 6.45) is 8.07. The van der Waals surface area contributed by atoms with E-state index in [1.807, 2.05) is 29.2 Å². The van der Waals surface area contributed by atoms with Crippen molar-refractivity contribution in [3.05, 3.63) is 54.1 Å². The van der Waals surface area contributed by atoms with Crippen LogP contribution in [0.1, 0.15) is 62.2 Å². The van der Waals surface area contributed by atoms with Gasteiger partial charge in [-0.25, -0.2) is 0 Å². The molecule has 0 spiro atoms. The van der Waals surface area contributed by atoms with E-state index >= 15 is 0 Å². The maximum Gasteiger partial charge on any atom is 0.253 e. The lowest BCUT2D eigenvalue weighted by atomic mass is 10.1. The van der Waals surface area contributed by atoms with Crippen molar-refractivity contribution < 1.29 is 14.3 Å². The number of carbonyl (C=O) groups excluding carboxylic acids is 2. The Hall–Kier alpha value is -3.02. The Bertz CT molecular complexity index is 844. The van der Waals surface area contributed by atoms with E-state index in [2.05, 4.69) is 17.6 Å². The van der Waals surface area contributed by atoms with Gasteiger partial charge in [0.05, 0.1) is 13.2 Å². The van der Waals surface area contributed by atoms with Gasteiger partial charge >= 0.3 is 0 Å². The summed E-state index contributed by atoms with van der Waals surface area (Å²) in [5.41, 5.74) is 2.20. The SMILES string of the molecule is CCCCCCOc1ccc(NCC(=O)Nc2ccc(C(=O)N3CCCCC3)cc2)cc1. The van der Waals surface area contributed by atoms with Crippen molar-refractivity contribution in [2.75, 3.05) is 36.9 Å². The largest absolute Gasteiger partial charge is 0.494 e. The summed E-state index contributed by atoms with van der Waals surface area (Å²) in [5, 5.41) is 5.98. The van der Waals surface area contributed by atoms with Crippen LogP contribution in [0.2, 0.25) is 0 Å². The summed E-state index contributed by atoms with van der Waals surface area (Å²) in [6, 6.07) is 14.8. The third kappa shape index (κ3) is 7.59. The fourth-order valence-electron chi connectivity index (χ4n) is 3.75. The van der Waals surface area contributed by atoms with Gasteiger partial charge in [-0.3, -0.25) is 9.59 Å². The minimum Gasteiger partial charge on any atom is -0.494 e. The first-order valence-corrected chi connectivity index (χ1v) is 11.8. The highest BCUT2D eigenvalue weighted by Crippen LogP contribution is 2.17. The van der Waals surface area contributed by atoms with E-state index in [1.165, 1.54) is 25.7 Å². The molecule has 0 radical (unpaired) electrons. The first kappa shape index (κ1) is 23.6. The topological polar surface area (TPSA) is 70.7 Å². The fraction of sp³-hybridized carbons (Fsp3) is 0.462. The number of unbranched alkanes of at least 4 members (excludes halogenated alkanes) is 3. The molecule has 1 fully saturated rings. The lowest BCUT2D eigenvalue weighted by Crippen LogP contribution is -2.35. The number of piperidine rings is 1. The van der Waals surface area contributed by atoms with Crippen molar-refractivity contribution in [3.8, 4) is 5.75 Å². The quantitative estimate of drug-likeness (QED) is 0.467. The number of likely N-dealkylation sites (tertiary alicyclic amines) is 1. The molecule has 2 aromatic rings. The number of hydrogen-bond donors (Lipinski definition) is 2. The molecule has 32 heavy (non-hydrogen) atoms. The molecule has 1 aliphatic heterocycles. The zero-order valence-electron chi connectivity index (χ0n) is 19.1. The molecule has 0 unspecified atom stereocenters. The average Bonchev–Trinajstić information content (AvgIpc) is 2.84. The molecule has 0 bridgehead atoms. The Morgan fingerprint density at radius 3 is 2.25 bits per heavy atom. The van der Waals surface area contributed by atoms with Gasteiger partial charge in [0.15, 0.2) is 0 Å². The van der Waals surface area contributed by atoms with Crippen LogP contribution in [-0.2, 0) is 4.79 Å². The number of anilines is 2. The van der Waals surface area contributed by atoms with E-state index in [9.17, 15) is 9.59 Å². The van der Waals surface area contributed by atoms with Crippen molar-refractivity contribution in [2.45, 2.75) is 51.9 Å². The maximum absolute atomic E-state index is 12.5. The van der Waals surface area contributed by atoms with Crippen LogP contribution < -0.4 is 15.4 Å². The van der Waals surface area contributed by atoms with Crippen molar-refractivity contribution in [1.29, 1.82) is 0 Å². The molecule has 2 N–H and O–H groups in total. The molecule has 0 aromatic heterocycles. The lowest BCUT2D eigenvalue weighted by molar-refractivity contribution is -0.114. The van der Waals surface area contributed by atoms with Gasteiger partial charge in [-0.15, -0.1) is 0 Å². The summed E-state index contributed by atoms with van der Waals surface area (Å²) in [5.74, 6) is 0.768. The van der Waals surface area contributed by atoms with Crippen molar-refractivity contribution in [3.63, 3.8) is 0 Å². The van der Waals surface area contributed by atoms with E-state index in [0.717, 1.165) is 50.4 Å². The van der Waals surface area contributed by atoms with Crippen molar-refractivity contribution in [2.24, 2.45) is 0 Å². The van der Waals surface area contributed by atoms with E-state index in [0.29, 0.717) is 11.3 Å². The highest BCUT2D eigenvalue weighted by Gasteiger charge is 2.18. The second-order valence-corrected chi connectivity index (χ2v) is 8.27. The Morgan fingerprint density at radius 2 is 1.56 bits per heavy atom. The minimum atomic E-state index is -0.142. The number of carbonyl (C=O) groups is 2. The predicted octanol–water partition coefficient (Wildman–Crippen LogP) is 5.32. The second kappa shape index (κ2) is 12.7. The molecule has 1 aliphatic rings. The summed E-state index contributed by atoms with van der Waals surface area (Å²) in [4.78, 5) is 26.7. The van der Waals surface area contributed by atoms with E-state index < -0.39 is 0 Å². The van der Waals surface area contributed by atoms with Gasteiger partial charge in [0.1, 0.15) is 5.75 Å². The van der Waals surface area contributed by atoms with Crippen molar-refractivity contribution in [1.82, 2.24) is 4.90 Å². The Morgan fingerprint density at radius 1 is 0.875 bits per heavy atom. The summed E-state index contributed by atoms with van der Waals surface area (Å²) in [7, 11) is 0. The second-order valence-electron chi connectivity index (χ2n) is 8.27. The minimum absolute atomic E-state index is 0.0672. The molecule has 0 atom stereocenters. The first-order valence-electron chi connectivity index (χ1n) is 11.8. The molecule has 6 heteroatoms. The molecular formula is C26H35N3O3. The Labute approximate surface area is 191 Å². The van der Waals surface area contributed by atoms with Crippen LogP contribution in [0.5, 0.6) is 5.75 Å². The molecule has 2 aromatic carbocycles. The maximum atomic E-state index is 12.5. The molecule has 2 amide bonds. The number of hydrogen-bond acceptors (Lipinski definition) is 4. The fourth-order valence-corrected chi connectivity index (χ4v) is 3.75. The highest BCUT2D eigenvalue weighted by atomic mass is 16.5. The van der Waals surface area contributed by atoms with Gasteiger partial charge in [-0.05, 0) is 74.2 Å². The van der Waals surface area contributed by atoms with Gasteiger partial charge in [-0.1, -0.05) is 26.2 Å². The number of amides is 2. The number of rotatable bonds is 11. The van der Waals surface area contributed by atoms with Crippen LogP contribution in [0.4, 0.5) is 11.4 Å². The summed E-state index contributed by atoms with van der Waals surface area (Å²) >= 11 is 0.